The monoisotopic (exact) mass is 382 g/mol. The molecular weight excluding hydrogens is 363 g/mol. The summed E-state index contributed by atoms with van der Waals surface area (Å²) >= 11 is 0. The number of halogens is 1. The van der Waals surface area contributed by atoms with Crippen molar-refractivity contribution in [2.24, 2.45) is 0 Å². The standard InChI is InChI=1S/C18H19FN8O/c1-9-15-17(27(2)8-14(28)25-15)26-18(22-9)24-12-4-11(5-12)23-16-13(19)3-10(6-20)7-21-16/h3,7,11-12H,4-5,8H2,1-2H3,(H,21,23)(H,25,28)(H,22,24,26). The number of fused-ring (bicyclic) bond motifs is 1. The summed E-state index contributed by atoms with van der Waals surface area (Å²) in [6, 6.07) is 3.26. The number of nitriles is 1. The highest BCUT2D eigenvalue weighted by molar-refractivity contribution is 6.00. The highest BCUT2D eigenvalue weighted by Crippen LogP contribution is 2.32. The van der Waals surface area contributed by atoms with Crippen LogP contribution in [0.4, 0.5) is 27.7 Å². The van der Waals surface area contributed by atoms with Crippen molar-refractivity contribution in [2.45, 2.75) is 31.8 Å². The van der Waals surface area contributed by atoms with E-state index >= 15 is 0 Å². The lowest BCUT2D eigenvalue weighted by molar-refractivity contribution is -0.115. The van der Waals surface area contributed by atoms with Crippen LogP contribution < -0.4 is 20.9 Å². The molecule has 9 nitrogen and oxygen atoms in total. The second-order valence-corrected chi connectivity index (χ2v) is 7.06. The minimum atomic E-state index is -0.533. The fraction of sp³-hybridized carbons (Fsp3) is 0.389. The van der Waals surface area contributed by atoms with E-state index < -0.39 is 5.82 Å². The van der Waals surface area contributed by atoms with E-state index in [1.54, 1.807) is 4.90 Å². The maximum Gasteiger partial charge on any atom is 0.244 e. The quantitative estimate of drug-likeness (QED) is 0.730. The third-order valence-electron chi connectivity index (χ3n) is 4.86. The molecule has 0 bridgehead atoms. The zero-order valence-electron chi connectivity index (χ0n) is 15.5. The summed E-state index contributed by atoms with van der Waals surface area (Å²) in [6.07, 6.45) is 2.86. The van der Waals surface area contributed by atoms with Gasteiger partial charge >= 0.3 is 0 Å². The van der Waals surface area contributed by atoms with Crippen LogP contribution >= 0.6 is 0 Å². The summed E-state index contributed by atoms with van der Waals surface area (Å²) < 4.78 is 13.9. The summed E-state index contributed by atoms with van der Waals surface area (Å²) in [5, 5.41) is 17.9. The molecule has 2 aromatic rings. The van der Waals surface area contributed by atoms with Crippen molar-refractivity contribution in [3.05, 3.63) is 29.3 Å². The predicted octanol–water partition coefficient (Wildman–Crippen LogP) is 1.63. The van der Waals surface area contributed by atoms with Crippen molar-refractivity contribution in [3.63, 3.8) is 0 Å². The Morgan fingerprint density at radius 3 is 2.79 bits per heavy atom. The van der Waals surface area contributed by atoms with E-state index in [4.69, 9.17) is 5.26 Å². The Kier molecular flexibility index (Phi) is 4.43. The average molecular weight is 382 g/mol. The molecule has 1 saturated carbocycles. The number of amides is 1. The molecule has 1 fully saturated rings. The number of nitrogens with zero attached hydrogens (tertiary/aromatic N) is 5. The van der Waals surface area contributed by atoms with E-state index in [2.05, 4.69) is 30.9 Å². The van der Waals surface area contributed by atoms with Crippen LogP contribution in [-0.4, -0.2) is 46.5 Å². The molecule has 1 aliphatic heterocycles. The van der Waals surface area contributed by atoms with Crippen LogP contribution in [0.5, 0.6) is 0 Å². The highest BCUT2D eigenvalue weighted by Gasteiger charge is 2.31. The minimum Gasteiger partial charge on any atom is -0.365 e. The molecule has 2 aliphatic rings. The van der Waals surface area contributed by atoms with Crippen LogP contribution in [-0.2, 0) is 4.79 Å². The number of hydrogen-bond acceptors (Lipinski definition) is 8. The molecule has 4 rings (SSSR count). The van der Waals surface area contributed by atoms with Gasteiger partial charge in [-0.3, -0.25) is 4.79 Å². The van der Waals surface area contributed by atoms with Gasteiger partial charge in [-0.2, -0.15) is 10.2 Å². The smallest absolute Gasteiger partial charge is 0.244 e. The van der Waals surface area contributed by atoms with Gasteiger partial charge in [-0.25, -0.2) is 14.4 Å². The van der Waals surface area contributed by atoms with Crippen molar-refractivity contribution in [1.82, 2.24) is 15.0 Å². The van der Waals surface area contributed by atoms with Gasteiger partial charge in [0.25, 0.3) is 0 Å². The fourth-order valence-corrected chi connectivity index (χ4v) is 3.35. The van der Waals surface area contributed by atoms with Gasteiger partial charge in [-0.05, 0) is 25.8 Å². The van der Waals surface area contributed by atoms with E-state index in [0.717, 1.165) is 12.8 Å². The maximum absolute atomic E-state index is 13.9. The van der Waals surface area contributed by atoms with E-state index in [9.17, 15) is 9.18 Å². The van der Waals surface area contributed by atoms with Gasteiger partial charge in [-0.1, -0.05) is 0 Å². The number of pyridine rings is 1. The first-order valence-corrected chi connectivity index (χ1v) is 8.91. The number of aromatic nitrogens is 3. The van der Waals surface area contributed by atoms with Gasteiger partial charge in [-0.15, -0.1) is 0 Å². The molecule has 144 valence electrons. The molecule has 0 spiro atoms. The van der Waals surface area contributed by atoms with Gasteiger partial charge in [0, 0.05) is 25.3 Å². The topological polar surface area (TPSA) is 119 Å². The molecule has 2 aromatic heterocycles. The number of carbonyl (C=O) groups excluding carboxylic acids is 1. The summed E-state index contributed by atoms with van der Waals surface area (Å²) in [5.41, 5.74) is 1.53. The molecule has 10 heteroatoms. The van der Waals surface area contributed by atoms with Crippen molar-refractivity contribution in [2.75, 3.05) is 34.4 Å². The number of nitrogens with one attached hydrogen (secondary N) is 3. The molecule has 0 aromatic carbocycles. The first-order valence-electron chi connectivity index (χ1n) is 8.91. The largest absolute Gasteiger partial charge is 0.365 e. The summed E-state index contributed by atoms with van der Waals surface area (Å²) in [6.45, 7) is 2.08. The van der Waals surface area contributed by atoms with Crippen LogP contribution in [0, 0.1) is 24.1 Å². The zero-order chi connectivity index (χ0) is 19.8. The molecule has 0 saturated heterocycles. The van der Waals surface area contributed by atoms with E-state index in [1.807, 2.05) is 20.0 Å². The maximum atomic E-state index is 13.9. The number of anilines is 4. The minimum absolute atomic E-state index is 0.0770. The number of hydrogen-bond donors (Lipinski definition) is 3. The lowest BCUT2D eigenvalue weighted by atomic mass is 9.87. The molecule has 1 amide bonds. The molecule has 0 unspecified atom stereocenters. The number of likely N-dealkylation sites (N-methyl/N-ethyl adjacent to an activating group) is 1. The Morgan fingerprint density at radius 1 is 1.32 bits per heavy atom. The Bertz CT molecular complexity index is 982. The predicted molar refractivity (Wildman–Crippen MR) is 102 cm³/mol. The Morgan fingerprint density at radius 2 is 2.07 bits per heavy atom. The third-order valence-corrected chi connectivity index (χ3v) is 4.86. The van der Waals surface area contributed by atoms with Crippen LogP contribution in [0.25, 0.3) is 0 Å². The van der Waals surface area contributed by atoms with Gasteiger partial charge < -0.3 is 20.9 Å². The fourth-order valence-electron chi connectivity index (χ4n) is 3.35. The van der Waals surface area contributed by atoms with Crippen LogP contribution in [0.3, 0.4) is 0 Å². The molecule has 1 aliphatic carbocycles. The van der Waals surface area contributed by atoms with E-state index in [-0.39, 0.29) is 35.9 Å². The van der Waals surface area contributed by atoms with Crippen molar-refractivity contribution < 1.29 is 9.18 Å². The average Bonchev–Trinajstić information content (AvgIpc) is 2.62. The van der Waals surface area contributed by atoms with E-state index in [1.165, 1.54) is 12.3 Å². The summed E-state index contributed by atoms with van der Waals surface area (Å²) in [5.74, 6) is 0.728. The molecule has 28 heavy (non-hydrogen) atoms. The summed E-state index contributed by atoms with van der Waals surface area (Å²) in [4.78, 5) is 26.4. The zero-order valence-corrected chi connectivity index (χ0v) is 15.5. The van der Waals surface area contributed by atoms with Crippen molar-refractivity contribution >= 4 is 29.2 Å². The molecular formula is C18H19FN8O. The van der Waals surface area contributed by atoms with Crippen LogP contribution in [0.1, 0.15) is 24.1 Å². The highest BCUT2D eigenvalue weighted by atomic mass is 19.1. The van der Waals surface area contributed by atoms with Gasteiger partial charge in [0.2, 0.25) is 11.9 Å². The normalized spacial score (nSPS) is 20.5. The van der Waals surface area contributed by atoms with Gasteiger partial charge in [0.1, 0.15) is 11.8 Å². The van der Waals surface area contributed by atoms with E-state index in [0.29, 0.717) is 23.1 Å². The molecule has 3 N–H and O–H groups in total. The number of carbonyl (C=O) groups is 1. The van der Waals surface area contributed by atoms with Crippen LogP contribution in [0.2, 0.25) is 0 Å². The van der Waals surface area contributed by atoms with Gasteiger partial charge in [0.05, 0.1) is 17.8 Å². The molecule has 0 radical (unpaired) electrons. The first-order chi connectivity index (χ1) is 13.4. The SMILES string of the molecule is Cc1nc(NC2CC(Nc3ncc(C#N)cc3F)C2)nc2c1NC(=O)CN2C. The molecule has 0 atom stereocenters. The number of rotatable bonds is 4. The van der Waals surface area contributed by atoms with Gasteiger partial charge in [0.15, 0.2) is 17.5 Å². The Labute approximate surface area is 161 Å². The Hall–Kier alpha value is -3.48. The van der Waals surface area contributed by atoms with Crippen molar-refractivity contribution in [3.8, 4) is 6.07 Å². The Balaban J connectivity index is 1.38. The lowest BCUT2D eigenvalue weighted by Crippen LogP contribution is -2.44. The second-order valence-electron chi connectivity index (χ2n) is 7.06. The second kappa shape index (κ2) is 6.92. The number of aryl methyl sites for hydroxylation is 1. The van der Waals surface area contributed by atoms with Crippen LogP contribution in [0.15, 0.2) is 12.3 Å². The van der Waals surface area contributed by atoms with Crippen molar-refractivity contribution in [1.29, 1.82) is 5.26 Å². The third kappa shape index (κ3) is 3.38. The first kappa shape index (κ1) is 17.9. The summed E-state index contributed by atoms with van der Waals surface area (Å²) in [7, 11) is 1.82. The lowest BCUT2D eigenvalue weighted by Gasteiger charge is -2.37. The molecule has 3 heterocycles.